The molecule has 1 aromatic heterocycles. The quantitative estimate of drug-likeness (QED) is 0.534. The van der Waals surface area contributed by atoms with Crippen LogP contribution in [0.25, 0.3) is 0 Å². The fraction of sp³-hybridized carbons (Fsp3) is 0.429. The molecule has 0 spiro atoms. The van der Waals surface area contributed by atoms with E-state index in [-0.39, 0.29) is 11.9 Å². The summed E-state index contributed by atoms with van der Waals surface area (Å²) < 4.78 is 10.8. The summed E-state index contributed by atoms with van der Waals surface area (Å²) in [5.41, 5.74) is 2.79. The molecule has 1 aliphatic carbocycles. The molecule has 144 valence electrons. The number of carbonyl (C=O) groups is 2. The first kappa shape index (κ1) is 19.4. The zero-order valence-corrected chi connectivity index (χ0v) is 16.6. The van der Waals surface area contributed by atoms with Crippen LogP contribution in [0.2, 0.25) is 0 Å². The molecule has 0 radical (unpaired) electrons. The van der Waals surface area contributed by atoms with Crippen LogP contribution in [0.3, 0.4) is 0 Å². The van der Waals surface area contributed by atoms with Crippen LogP contribution in [0.5, 0.6) is 5.75 Å². The fourth-order valence-electron chi connectivity index (χ4n) is 3.16. The summed E-state index contributed by atoms with van der Waals surface area (Å²) in [5, 5.41) is 3.54. The number of benzene rings is 1. The van der Waals surface area contributed by atoms with Crippen molar-refractivity contribution in [1.82, 2.24) is 0 Å². The summed E-state index contributed by atoms with van der Waals surface area (Å²) in [6.07, 6.45) is 3.85. The van der Waals surface area contributed by atoms with Gasteiger partial charge in [-0.3, -0.25) is 4.79 Å². The van der Waals surface area contributed by atoms with Gasteiger partial charge in [0.25, 0.3) is 0 Å². The third-order valence-electron chi connectivity index (χ3n) is 4.49. The van der Waals surface area contributed by atoms with Gasteiger partial charge in [-0.15, -0.1) is 11.3 Å². The number of amides is 1. The minimum absolute atomic E-state index is 0.104. The van der Waals surface area contributed by atoms with E-state index in [0.29, 0.717) is 36.6 Å². The van der Waals surface area contributed by atoms with Crippen molar-refractivity contribution in [3.05, 3.63) is 45.8 Å². The second-order valence-electron chi connectivity index (χ2n) is 6.60. The Kier molecular flexibility index (Phi) is 6.50. The lowest BCUT2D eigenvalue weighted by molar-refractivity contribution is -0.116. The second-order valence-corrected chi connectivity index (χ2v) is 7.70. The number of hydrogen-bond acceptors (Lipinski definition) is 5. The number of aryl methyl sites for hydroxylation is 2. The van der Waals surface area contributed by atoms with Crippen molar-refractivity contribution in [3.8, 4) is 5.75 Å². The van der Waals surface area contributed by atoms with Gasteiger partial charge in [0.1, 0.15) is 10.8 Å². The third-order valence-corrected chi connectivity index (χ3v) is 5.70. The Morgan fingerprint density at radius 1 is 1.19 bits per heavy atom. The van der Waals surface area contributed by atoms with Crippen molar-refractivity contribution in [1.29, 1.82) is 0 Å². The van der Waals surface area contributed by atoms with Crippen molar-refractivity contribution in [3.63, 3.8) is 0 Å². The fourth-order valence-corrected chi connectivity index (χ4v) is 4.45. The lowest BCUT2D eigenvalue weighted by Gasteiger charge is -2.09. The van der Waals surface area contributed by atoms with Crippen molar-refractivity contribution < 1.29 is 19.1 Å². The van der Waals surface area contributed by atoms with Crippen LogP contribution in [-0.2, 0) is 22.4 Å². The first-order valence-electron chi connectivity index (χ1n) is 9.39. The average molecular weight is 388 g/mol. The van der Waals surface area contributed by atoms with E-state index in [4.69, 9.17) is 9.47 Å². The average Bonchev–Trinajstić information content (AvgIpc) is 3.21. The number of ether oxygens (including phenoxy) is 2. The van der Waals surface area contributed by atoms with Crippen molar-refractivity contribution in [2.45, 2.75) is 46.0 Å². The summed E-state index contributed by atoms with van der Waals surface area (Å²) in [6, 6.07) is 7.84. The van der Waals surface area contributed by atoms with E-state index in [1.807, 2.05) is 31.2 Å². The standard InChI is InChI=1S/C21H25NO4S/c1-3-25-21(24)19-16-6-4-7-17(16)27-20(19)22-18(23)8-5-13-26-15-11-9-14(2)10-12-15/h9-12H,3-8,13H2,1-2H3,(H,22,23). The van der Waals surface area contributed by atoms with E-state index in [1.165, 1.54) is 21.8 Å². The van der Waals surface area contributed by atoms with E-state index < -0.39 is 0 Å². The summed E-state index contributed by atoms with van der Waals surface area (Å²) in [4.78, 5) is 25.8. The van der Waals surface area contributed by atoms with E-state index in [1.54, 1.807) is 6.92 Å². The molecule has 1 aromatic carbocycles. The van der Waals surface area contributed by atoms with Gasteiger partial charge in [-0.05, 0) is 57.2 Å². The van der Waals surface area contributed by atoms with Gasteiger partial charge < -0.3 is 14.8 Å². The number of esters is 1. The molecule has 1 aliphatic rings. The van der Waals surface area contributed by atoms with Crippen LogP contribution in [0, 0.1) is 6.92 Å². The van der Waals surface area contributed by atoms with Gasteiger partial charge in [-0.1, -0.05) is 17.7 Å². The molecule has 0 saturated carbocycles. The Hall–Kier alpha value is -2.34. The first-order valence-corrected chi connectivity index (χ1v) is 10.2. The molecular weight excluding hydrogens is 362 g/mol. The highest BCUT2D eigenvalue weighted by molar-refractivity contribution is 7.17. The lowest BCUT2D eigenvalue weighted by atomic mass is 10.1. The zero-order chi connectivity index (χ0) is 19.2. The van der Waals surface area contributed by atoms with Crippen molar-refractivity contribution in [2.75, 3.05) is 18.5 Å². The third kappa shape index (κ3) is 4.89. The molecule has 6 heteroatoms. The number of nitrogens with one attached hydrogen (secondary N) is 1. The Balaban J connectivity index is 1.53. The minimum Gasteiger partial charge on any atom is -0.494 e. The molecule has 1 N–H and O–H groups in total. The van der Waals surface area contributed by atoms with Gasteiger partial charge in [0.05, 0.1) is 18.8 Å². The molecule has 27 heavy (non-hydrogen) atoms. The topological polar surface area (TPSA) is 64.6 Å². The Bertz CT molecular complexity index is 810. The summed E-state index contributed by atoms with van der Waals surface area (Å²) in [5.74, 6) is 0.364. The van der Waals surface area contributed by atoms with Gasteiger partial charge in [0.15, 0.2) is 0 Å². The van der Waals surface area contributed by atoms with Crippen LogP contribution in [0.15, 0.2) is 24.3 Å². The molecule has 2 aromatic rings. The number of hydrogen-bond donors (Lipinski definition) is 1. The first-order chi connectivity index (χ1) is 13.1. The van der Waals surface area contributed by atoms with Gasteiger partial charge in [-0.2, -0.15) is 0 Å². The van der Waals surface area contributed by atoms with Crippen LogP contribution in [-0.4, -0.2) is 25.1 Å². The second kappa shape index (κ2) is 9.04. The van der Waals surface area contributed by atoms with Gasteiger partial charge in [0, 0.05) is 11.3 Å². The highest BCUT2D eigenvalue weighted by Gasteiger charge is 2.28. The molecule has 3 rings (SSSR count). The Labute approximate surface area is 163 Å². The number of carbonyl (C=O) groups excluding carboxylic acids is 2. The van der Waals surface area contributed by atoms with Gasteiger partial charge >= 0.3 is 5.97 Å². The van der Waals surface area contributed by atoms with E-state index >= 15 is 0 Å². The Morgan fingerprint density at radius 3 is 2.70 bits per heavy atom. The zero-order valence-electron chi connectivity index (χ0n) is 15.8. The highest BCUT2D eigenvalue weighted by Crippen LogP contribution is 2.39. The molecular formula is C21H25NO4S. The van der Waals surface area contributed by atoms with Crippen LogP contribution in [0.4, 0.5) is 5.00 Å². The van der Waals surface area contributed by atoms with Crippen molar-refractivity contribution >= 4 is 28.2 Å². The molecule has 5 nitrogen and oxygen atoms in total. The molecule has 1 heterocycles. The van der Waals surface area contributed by atoms with Crippen molar-refractivity contribution in [2.24, 2.45) is 0 Å². The Morgan fingerprint density at radius 2 is 1.96 bits per heavy atom. The number of anilines is 1. The molecule has 0 unspecified atom stereocenters. The highest BCUT2D eigenvalue weighted by atomic mass is 32.1. The summed E-state index contributed by atoms with van der Waals surface area (Å²) >= 11 is 1.50. The number of fused-ring (bicyclic) bond motifs is 1. The van der Waals surface area contributed by atoms with Crippen LogP contribution < -0.4 is 10.1 Å². The van der Waals surface area contributed by atoms with E-state index in [0.717, 1.165) is 30.6 Å². The SMILES string of the molecule is CCOC(=O)c1c(NC(=O)CCCOc2ccc(C)cc2)sc2c1CCC2. The van der Waals surface area contributed by atoms with Crippen LogP contribution >= 0.6 is 11.3 Å². The minimum atomic E-state index is -0.338. The monoisotopic (exact) mass is 387 g/mol. The van der Waals surface area contributed by atoms with E-state index in [2.05, 4.69) is 5.32 Å². The van der Waals surface area contributed by atoms with Crippen LogP contribution in [0.1, 0.15) is 52.5 Å². The maximum atomic E-state index is 12.3. The lowest BCUT2D eigenvalue weighted by Crippen LogP contribution is -2.15. The molecule has 0 bridgehead atoms. The largest absolute Gasteiger partial charge is 0.494 e. The summed E-state index contributed by atoms with van der Waals surface area (Å²) in [6.45, 7) is 4.62. The molecule has 0 atom stereocenters. The van der Waals surface area contributed by atoms with Gasteiger partial charge in [0.2, 0.25) is 5.91 Å². The molecule has 0 saturated heterocycles. The van der Waals surface area contributed by atoms with Gasteiger partial charge in [-0.25, -0.2) is 4.79 Å². The predicted octanol–water partition coefficient (Wildman–Crippen LogP) is 4.52. The summed E-state index contributed by atoms with van der Waals surface area (Å²) in [7, 11) is 0. The molecule has 0 fully saturated rings. The number of thiophene rings is 1. The maximum absolute atomic E-state index is 12.3. The maximum Gasteiger partial charge on any atom is 0.341 e. The smallest absolute Gasteiger partial charge is 0.341 e. The van der Waals surface area contributed by atoms with E-state index in [9.17, 15) is 9.59 Å². The molecule has 1 amide bonds. The normalized spacial score (nSPS) is 12.5. The predicted molar refractivity (Wildman–Crippen MR) is 107 cm³/mol. The number of rotatable bonds is 8. The molecule has 0 aliphatic heterocycles.